The third-order valence-corrected chi connectivity index (χ3v) is 3.03. The van der Waals surface area contributed by atoms with Crippen LogP contribution >= 0.6 is 49.7 Å². The minimum Gasteiger partial charge on any atom is -0.131 e. The molecule has 0 radical (unpaired) electrons. The molecule has 0 fully saturated rings. The summed E-state index contributed by atoms with van der Waals surface area (Å²) in [5.41, 5.74) is 2.02. The molecule has 19 heavy (non-hydrogen) atoms. The van der Waals surface area contributed by atoms with Crippen LogP contribution in [-0.4, -0.2) is 8.39 Å². The Labute approximate surface area is 149 Å². The van der Waals surface area contributed by atoms with Crippen LogP contribution in [0.25, 0.3) is 0 Å². The molecule has 0 aromatic heterocycles. The second-order valence-corrected chi connectivity index (χ2v) is 5.66. The smallest absolute Gasteiger partial charge is 0.131 e. The topological polar surface area (TPSA) is 0 Å². The van der Waals surface area contributed by atoms with Crippen molar-refractivity contribution in [3.8, 4) is 0 Å². The zero-order chi connectivity index (χ0) is 13.4. The van der Waals surface area contributed by atoms with Gasteiger partial charge in [-0.05, 0) is 11.1 Å². The van der Waals surface area contributed by atoms with Crippen molar-refractivity contribution in [3.63, 3.8) is 0 Å². The second-order valence-electron chi connectivity index (χ2n) is 3.34. The molecule has 5 heteroatoms. The molecule has 0 saturated heterocycles. The average molecular weight is 415 g/mol. The number of thiol groups is 2. The van der Waals surface area contributed by atoms with E-state index in [1.165, 1.54) is 0 Å². The van der Waals surface area contributed by atoms with Gasteiger partial charge in [-0.25, -0.2) is 0 Å². The molecule has 0 aliphatic rings. The largest absolute Gasteiger partial charge is 2.00 e. The Hall–Kier alpha value is -0.0177. The van der Waals surface area contributed by atoms with Crippen LogP contribution in [0.5, 0.6) is 0 Å². The quantitative estimate of drug-likeness (QED) is 0.419. The normalized spacial score (nSPS) is 8.53. The van der Waals surface area contributed by atoms with Gasteiger partial charge in [0.1, 0.15) is 0 Å². The van der Waals surface area contributed by atoms with Crippen molar-refractivity contribution in [3.05, 3.63) is 71.8 Å². The Bertz CT molecular complexity index is 462. The van der Waals surface area contributed by atoms with E-state index in [-0.39, 0.29) is 20.4 Å². The third-order valence-electron chi connectivity index (χ3n) is 2.04. The van der Waals surface area contributed by atoms with E-state index in [2.05, 4.69) is 25.3 Å². The van der Waals surface area contributed by atoms with Crippen molar-refractivity contribution >= 4 is 58.1 Å². The summed E-state index contributed by atoms with van der Waals surface area (Å²) in [6.07, 6.45) is 0. The van der Waals surface area contributed by atoms with Crippen LogP contribution in [-0.2, 0) is 20.4 Å². The van der Waals surface area contributed by atoms with Gasteiger partial charge < -0.3 is 0 Å². The molecule has 0 heterocycles. The van der Waals surface area contributed by atoms with E-state index in [0.717, 1.165) is 11.1 Å². The molecule has 0 aliphatic heterocycles. The third kappa shape index (κ3) is 7.99. The first-order valence-electron chi connectivity index (χ1n) is 5.18. The molecule has 0 saturated carbocycles. The van der Waals surface area contributed by atoms with Gasteiger partial charge in [0.25, 0.3) is 0 Å². The van der Waals surface area contributed by atoms with Crippen LogP contribution in [0.1, 0.15) is 11.1 Å². The molecule has 2 aromatic carbocycles. The summed E-state index contributed by atoms with van der Waals surface area (Å²) >= 11 is 17.7. The molecule has 0 spiro atoms. The number of thiocarbonyl (C=S) groups is 2. The van der Waals surface area contributed by atoms with Crippen molar-refractivity contribution in [2.45, 2.75) is 0 Å². The number of hydrogen-bond acceptors (Lipinski definition) is 2. The minimum atomic E-state index is 0. The van der Waals surface area contributed by atoms with Gasteiger partial charge in [-0.3, -0.25) is 0 Å². The molecule has 0 atom stereocenters. The standard InChI is InChI=1S/2C7H6S2.Pd/c2*8-7(9)6-4-2-1-3-5-6;/h2*1-5H,(H,8,9);/q;;+2. The summed E-state index contributed by atoms with van der Waals surface area (Å²) < 4.78 is 1.30. The first-order valence-corrected chi connectivity index (χ1v) is 6.89. The van der Waals surface area contributed by atoms with Crippen LogP contribution < -0.4 is 0 Å². The fourth-order valence-corrected chi connectivity index (χ4v) is 1.73. The molecular weight excluding hydrogens is 403 g/mol. The van der Waals surface area contributed by atoms with Crippen LogP contribution in [0, 0.1) is 0 Å². The predicted octanol–water partition coefficient (Wildman–Crippen LogP) is 4.58. The van der Waals surface area contributed by atoms with Gasteiger partial charge in [0, 0.05) is 0 Å². The Balaban J connectivity index is 0.000000324. The summed E-state index contributed by atoms with van der Waals surface area (Å²) in [4.78, 5) is 0. The minimum absolute atomic E-state index is 0. The molecule has 100 valence electrons. The van der Waals surface area contributed by atoms with Gasteiger partial charge in [0.05, 0.1) is 8.39 Å². The van der Waals surface area contributed by atoms with E-state index in [1.807, 2.05) is 60.7 Å². The van der Waals surface area contributed by atoms with Gasteiger partial charge in [-0.15, -0.1) is 25.3 Å². The summed E-state index contributed by atoms with van der Waals surface area (Å²) in [5, 5.41) is 0. The first-order chi connectivity index (χ1) is 8.61. The summed E-state index contributed by atoms with van der Waals surface area (Å²) in [7, 11) is 0. The van der Waals surface area contributed by atoms with Crippen molar-refractivity contribution in [2.24, 2.45) is 0 Å². The maximum atomic E-state index is 4.83. The van der Waals surface area contributed by atoms with E-state index in [4.69, 9.17) is 24.4 Å². The van der Waals surface area contributed by atoms with Gasteiger partial charge >= 0.3 is 20.4 Å². The van der Waals surface area contributed by atoms with E-state index < -0.39 is 0 Å². The number of benzene rings is 2. The molecule has 0 N–H and O–H groups in total. The molecule has 0 unspecified atom stereocenters. The van der Waals surface area contributed by atoms with Crippen LogP contribution in [0.15, 0.2) is 60.7 Å². The Kier molecular flexibility index (Phi) is 10.7. The zero-order valence-corrected chi connectivity index (χ0v) is 14.8. The first kappa shape index (κ1) is 19.0. The van der Waals surface area contributed by atoms with Crippen LogP contribution in [0.3, 0.4) is 0 Å². The zero-order valence-electron chi connectivity index (χ0n) is 9.80. The fraction of sp³-hybridized carbons (Fsp3) is 0. The maximum absolute atomic E-state index is 4.83. The van der Waals surface area contributed by atoms with Crippen LogP contribution in [0.2, 0.25) is 0 Å². The number of rotatable bonds is 2. The van der Waals surface area contributed by atoms with E-state index >= 15 is 0 Å². The molecule has 2 aromatic rings. The molecule has 0 bridgehead atoms. The average Bonchev–Trinajstić information content (AvgIpc) is 2.41. The molecular formula is C14H12PdS4+2. The van der Waals surface area contributed by atoms with Gasteiger partial charge in [-0.2, -0.15) is 0 Å². The SMILES string of the molecule is S=C(S)c1ccccc1.S=C(S)c1ccccc1.[Pd+2]. The summed E-state index contributed by atoms with van der Waals surface area (Å²) in [6, 6.07) is 19.4. The van der Waals surface area contributed by atoms with Crippen molar-refractivity contribution in [2.75, 3.05) is 0 Å². The van der Waals surface area contributed by atoms with Crippen molar-refractivity contribution < 1.29 is 20.4 Å². The number of hydrogen-bond donors (Lipinski definition) is 2. The Morgan fingerprint density at radius 1 is 0.632 bits per heavy atom. The predicted molar refractivity (Wildman–Crippen MR) is 94.3 cm³/mol. The second kappa shape index (κ2) is 10.7. The van der Waals surface area contributed by atoms with Gasteiger partial charge in [-0.1, -0.05) is 85.1 Å². The summed E-state index contributed by atoms with van der Waals surface area (Å²) in [5.74, 6) is 0. The van der Waals surface area contributed by atoms with E-state index in [9.17, 15) is 0 Å². The van der Waals surface area contributed by atoms with Crippen molar-refractivity contribution in [1.29, 1.82) is 0 Å². The fourth-order valence-electron chi connectivity index (χ4n) is 1.16. The van der Waals surface area contributed by atoms with Crippen LogP contribution in [0.4, 0.5) is 0 Å². The summed E-state index contributed by atoms with van der Waals surface area (Å²) in [6.45, 7) is 0. The van der Waals surface area contributed by atoms with Gasteiger partial charge in [0.15, 0.2) is 0 Å². The van der Waals surface area contributed by atoms with Gasteiger partial charge in [0.2, 0.25) is 0 Å². The van der Waals surface area contributed by atoms with E-state index in [0.29, 0.717) is 8.39 Å². The monoisotopic (exact) mass is 414 g/mol. The van der Waals surface area contributed by atoms with Crippen molar-refractivity contribution in [1.82, 2.24) is 0 Å². The van der Waals surface area contributed by atoms with E-state index in [1.54, 1.807) is 0 Å². The Morgan fingerprint density at radius 2 is 0.895 bits per heavy atom. The molecule has 0 amide bonds. The molecule has 0 nitrogen and oxygen atoms in total. The Morgan fingerprint density at radius 3 is 1.05 bits per heavy atom. The molecule has 0 aliphatic carbocycles. The molecule has 2 rings (SSSR count). The maximum Gasteiger partial charge on any atom is 2.00 e.